The van der Waals surface area contributed by atoms with Gasteiger partial charge in [0.15, 0.2) is 5.67 Å². The van der Waals surface area contributed by atoms with Crippen molar-refractivity contribution in [2.45, 2.75) is 39.8 Å². The van der Waals surface area contributed by atoms with Crippen LogP contribution in [0.2, 0.25) is 0 Å². The van der Waals surface area contributed by atoms with Gasteiger partial charge in [-0.1, -0.05) is 27.7 Å². The van der Waals surface area contributed by atoms with Gasteiger partial charge < -0.3 is 5.73 Å². The van der Waals surface area contributed by atoms with E-state index in [1.165, 1.54) is 0 Å². The van der Waals surface area contributed by atoms with Crippen LogP contribution in [0, 0.1) is 11.8 Å². The largest absolute Gasteiger partial charge is 0.367 e. The summed E-state index contributed by atoms with van der Waals surface area (Å²) in [6.07, 6.45) is 0.208. The summed E-state index contributed by atoms with van der Waals surface area (Å²) < 4.78 is 13.8. The molecule has 0 spiro atoms. The van der Waals surface area contributed by atoms with Gasteiger partial charge >= 0.3 is 0 Å². The van der Waals surface area contributed by atoms with E-state index in [1.807, 2.05) is 13.8 Å². The maximum Gasteiger partial charge on any atom is 0.255 e. The molecule has 0 bridgehead atoms. The van der Waals surface area contributed by atoms with Gasteiger partial charge in [-0.2, -0.15) is 0 Å². The third-order valence-electron chi connectivity index (χ3n) is 2.03. The molecule has 0 fully saturated rings. The predicted octanol–water partition coefficient (Wildman–Crippen LogP) is 1.88. The van der Waals surface area contributed by atoms with E-state index >= 15 is 0 Å². The van der Waals surface area contributed by atoms with Crippen molar-refractivity contribution in [2.24, 2.45) is 17.6 Å². The summed E-state index contributed by atoms with van der Waals surface area (Å²) in [5.41, 5.74) is 3.17. The molecular weight excluding hydrogens is 157 g/mol. The van der Waals surface area contributed by atoms with Crippen LogP contribution < -0.4 is 5.73 Å². The Kier molecular flexibility index (Phi) is 3.68. The van der Waals surface area contributed by atoms with E-state index < -0.39 is 11.6 Å². The molecule has 0 aliphatic carbocycles. The summed E-state index contributed by atoms with van der Waals surface area (Å²) >= 11 is 0. The Balaban J connectivity index is 4.51. The van der Waals surface area contributed by atoms with E-state index in [9.17, 15) is 9.18 Å². The van der Waals surface area contributed by atoms with E-state index in [4.69, 9.17) is 5.73 Å². The van der Waals surface area contributed by atoms with E-state index in [1.54, 1.807) is 13.8 Å². The molecule has 72 valence electrons. The van der Waals surface area contributed by atoms with Gasteiger partial charge in [-0.25, -0.2) is 4.39 Å². The number of hydrogen-bond acceptors (Lipinski definition) is 1. The molecule has 3 heteroatoms. The van der Waals surface area contributed by atoms with Crippen molar-refractivity contribution in [1.29, 1.82) is 0 Å². The summed E-state index contributed by atoms with van der Waals surface area (Å²) in [6, 6.07) is 0. The molecule has 0 aliphatic rings. The van der Waals surface area contributed by atoms with Gasteiger partial charge in [-0.05, 0) is 18.3 Å². The third kappa shape index (κ3) is 2.47. The Hall–Kier alpha value is -0.600. The highest BCUT2D eigenvalue weighted by atomic mass is 19.1. The number of primary amides is 1. The maximum absolute atomic E-state index is 13.8. The predicted molar refractivity (Wildman–Crippen MR) is 47.3 cm³/mol. The van der Waals surface area contributed by atoms with Crippen molar-refractivity contribution >= 4 is 5.91 Å². The van der Waals surface area contributed by atoms with Crippen LogP contribution in [-0.4, -0.2) is 11.6 Å². The van der Waals surface area contributed by atoms with E-state index in [2.05, 4.69) is 0 Å². The van der Waals surface area contributed by atoms with Gasteiger partial charge in [0.05, 0.1) is 0 Å². The first-order valence-electron chi connectivity index (χ1n) is 4.29. The van der Waals surface area contributed by atoms with Gasteiger partial charge in [0.2, 0.25) is 0 Å². The molecular formula is C9H18FNO. The minimum absolute atomic E-state index is 0.143. The molecule has 2 nitrogen and oxygen atoms in total. The van der Waals surface area contributed by atoms with E-state index in [-0.39, 0.29) is 18.3 Å². The van der Waals surface area contributed by atoms with Crippen LogP contribution in [-0.2, 0) is 4.79 Å². The van der Waals surface area contributed by atoms with Crippen LogP contribution in [0.5, 0.6) is 0 Å². The zero-order valence-electron chi connectivity index (χ0n) is 8.23. The SMILES string of the molecule is CC(C)CC(F)(C(N)=O)C(C)C. The van der Waals surface area contributed by atoms with Crippen LogP contribution >= 0.6 is 0 Å². The number of carbonyl (C=O) groups is 1. The topological polar surface area (TPSA) is 43.1 Å². The first-order chi connectivity index (χ1) is 5.30. The zero-order chi connectivity index (χ0) is 9.94. The molecule has 0 aromatic rings. The molecule has 0 rings (SSSR count). The smallest absolute Gasteiger partial charge is 0.255 e. The van der Waals surface area contributed by atoms with Gasteiger partial charge in [0, 0.05) is 0 Å². The second-order valence-corrected chi connectivity index (χ2v) is 3.98. The highest BCUT2D eigenvalue weighted by molar-refractivity contribution is 5.83. The summed E-state index contributed by atoms with van der Waals surface area (Å²) in [4.78, 5) is 10.8. The molecule has 1 amide bonds. The van der Waals surface area contributed by atoms with Crippen LogP contribution in [0.3, 0.4) is 0 Å². The fourth-order valence-corrected chi connectivity index (χ4v) is 1.21. The minimum Gasteiger partial charge on any atom is -0.367 e. The molecule has 0 saturated carbocycles. The van der Waals surface area contributed by atoms with Crippen molar-refractivity contribution in [3.8, 4) is 0 Å². The van der Waals surface area contributed by atoms with Crippen LogP contribution in [0.25, 0.3) is 0 Å². The standard InChI is InChI=1S/C9H18FNO/c1-6(2)5-9(10,7(3)4)8(11)12/h6-7H,5H2,1-4H3,(H2,11,12). The first kappa shape index (κ1) is 11.4. The lowest BCUT2D eigenvalue weighted by Gasteiger charge is -2.27. The Morgan fingerprint density at radius 3 is 1.92 bits per heavy atom. The van der Waals surface area contributed by atoms with Crippen molar-refractivity contribution in [3.05, 3.63) is 0 Å². The molecule has 0 aliphatic heterocycles. The number of nitrogens with two attached hydrogens (primary N) is 1. The fourth-order valence-electron chi connectivity index (χ4n) is 1.21. The van der Waals surface area contributed by atoms with Crippen molar-refractivity contribution < 1.29 is 9.18 Å². The van der Waals surface area contributed by atoms with Crippen LogP contribution in [0.4, 0.5) is 4.39 Å². The number of amides is 1. The van der Waals surface area contributed by atoms with E-state index in [0.717, 1.165) is 0 Å². The van der Waals surface area contributed by atoms with E-state index in [0.29, 0.717) is 0 Å². The average Bonchev–Trinajstić information content (AvgIpc) is 1.84. The molecule has 2 N–H and O–H groups in total. The summed E-state index contributed by atoms with van der Waals surface area (Å²) in [5.74, 6) is -1.05. The molecule has 0 heterocycles. The second kappa shape index (κ2) is 3.87. The number of halogens is 1. The number of carbonyl (C=O) groups excluding carboxylic acids is 1. The first-order valence-corrected chi connectivity index (χ1v) is 4.29. The Labute approximate surface area is 73.3 Å². The monoisotopic (exact) mass is 175 g/mol. The minimum atomic E-state index is -1.84. The number of rotatable bonds is 4. The van der Waals surface area contributed by atoms with Crippen LogP contribution in [0.1, 0.15) is 34.1 Å². The molecule has 0 radical (unpaired) electrons. The lowest BCUT2D eigenvalue weighted by molar-refractivity contribution is -0.133. The Morgan fingerprint density at radius 1 is 1.42 bits per heavy atom. The zero-order valence-corrected chi connectivity index (χ0v) is 8.23. The quantitative estimate of drug-likeness (QED) is 0.696. The van der Waals surface area contributed by atoms with Gasteiger partial charge in [-0.3, -0.25) is 4.79 Å². The fraction of sp³-hybridized carbons (Fsp3) is 0.889. The van der Waals surface area contributed by atoms with Gasteiger partial charge in [0.25, 0.3) is 5.91 Å². The van der Waals surface area contributed by atoms with Crippen molar-refractivity contribution in [1.82, 2.24) is 0 Å². The van der Waals surface area contributed by atoms with Crippen molar-refractivity contribution in [3.63, 3.8) is 0 Å². The lowest BCUT2D eigenvalue weighted by Crippen LogP contribution is -2.45. The maximum atomic E-state index is 13.8. The third-order valence-corrected chi connectivity index (χ3v) is 2.03. The summed E-state index contributed by atoms with van der Waals surface area (Å²) in [7, 11) is 0. The van der Waals surface area contributed by atoms with Crippen molar-refractivity contribution in [2.75, 3.05) is 0 Å². The summed E-state index contributed by atoms with van der Waals surface area (Å²) in [5, 5.41) is 0. The normalized spacial score (nSPS) is 16.6. The Bertz CT molecular complexity index is 168. The molecule has 1 atom stereocenters. The van der Waals surface area contributed by atoms with Gasteiger partial charge in [-0.15, -0.1) is 0 Å². The molecule has 0 aromatic carbocycles. The number of alkyl halides is 1. The van der Waals surface area contributed by atoms with Crippen LogP contribution in [0.15, 0.2) is 0 Å². The highest BCUT2D eigenvalue weighted by Crippen LogP contribution is 2.29. The Morgan fingerprint density at radius 2 is 1.83 bits per heavy atom. The van der Waals surface area contributed by atoms with Gasteiger partial charge in [0.1, 0.15) is 0 Å². The summed E-state index contributed by atoms with van der Waals surface area (Å²) in [6.45, 7) is 7.10. The lowest BCUT2D eigenvalue weighted by atomic mass is 9.84. The number of hydrogen-bond donors (Lipinski definition) is 1. The second-order valence-electron chi connectivity index (χ2n) is 3.98. The molecule has 12 heavy (non-hydrogen) atoms. The molecule has 0 saturated heterocycles. The molecule has 1 unspecified atom stereocenters. The molecule has 0 aromatic heterocycles. The highest BCUT2D eigenvalue weighted by Gasteiger charge is 2.40. The average molecular weight is 175 g/mol.